The lowest BCUT2D eigenvalue weighted by atomic mass is 10.2. The van der Waals surface area contributed by atoms with Crippen molar-refractivity contribution in [2.45, 2.75) is 0 Å². The van der Waals surface area contributed by atoms with Crippen LogP contribution in [0.3, 0.4) is 0 Å². The van der Waals surface area contributed by atoms with E-state index >= 15 is 0 Å². The van der Waals surface area contributed by atoms with Gasteiger partial charge in [0.2, 0.25) is 5.89 Å². The van der Waals surface area contributed by atoms with Gasteiger partial charge in [0.1, 0.15) is 0 Å². The summed E-state index contributed by atoms with van der Waals surface area (Å²) < 4.78 is 5.15. The number of nitrogens with two attached hydrogens (primary N) is 1. The van der Waals surface area contributed by atoms with Gasteiger partial charge in [0, 0.05) is 11.3 Å². The first-order chi connectivity index (χ1) is 6.79. The second kappa shape index (κ2) is 3.29. The van der Waals surface area contributed by atoms with Crippen LogP contribution in [0.25, 0.3) is 11.5 Å². The number of aromatic nitrogens is 1. The molecule has 0 aliphatic rings. The highest BCUT2D eigenvalue weighted by atomic mass is 16.4. The van der Waals surface area contributed by atoms with Crippen LogP contribution in [0.15, 0.2) is 40.0 Å². The predicted octanol–water partition coefficient (Wildman–Crippen LogP) is 2.59. The molecule has 0 unspecified atom stereocenters. The Labute approximate surface area is 80.1 Å². The number of anilines is 1. The van der Waals surface area contributed by atoms with E-state index in [4.69, 9.17) is 15.7 Å². The van der Waals surface area contributed by atoms with E-state index in [9.17, 15) is 0 Å². The van der Waals surface area contributed by atoms with Crippen LogP contribution in [0.5, 0.6) is 0 Å². The molecule has 14 heavy (non-hydrogen) atoms. The van der Waals surface area contributed by atoms with Crippen LogP contribution in [-0.2, 0) is 0 Å². The molecule has 5 nitrogen and oxygen atoms in total. The quantitative estimate of drug-likeness (QED) is 0.560. The normalized spacial score (nSPS) is 10.0. The van der Waals surface area contributed by atoms with Gasteiger partial charge in [0.15, 0.2) is 0 Å². The van der Waals surface area contributed by atoms with Gasteiger partial charge in [-0.25, -0.2) is 10.5 Å². The molecule has 0 bridgehead atoms. The van der Waals surface area contributed by atoms with Crippen LogP contribution in [0, 0.1) is 5.53 Å². The smallest absolute Gasteiger partial charge is 0.258 e. The summed E-state index contributed by atoms with van der Waals surface area (Å²) in [5.74, 6) is 0.632. The zero-order valence-corrected chi connectivity index (χ0v) is 7.27. The average molecular weight is 188 g/mol. The summed E-state index contributed by atoms with van der Waals surface area (Å²) in [5.41, 5.74) is 13.8. The fourth-order valence-electron chi connectivity index (χ4n) is 1.08. The van der Waals surface area contributed by atoms with Crippen molar-refractivity contribution in [3.63, 3.8) is 0 Å². The maximum atomic E-state index is 6.72. The molecule has 0 spiro atoms. The molecule has 1 heterocycles. The van der Waals surface area contributed by atoms with Crippen molar-refractivity contribution in [1.29, 1.82) is 5.53 Å². The van der Waals surface area contributed by atoms with E-state index in [-0.39, 0.29) is 5.88 Å². The Hall–Kier alpha value is -2.17. The van der Waals surface area contributed by atoms with Crippen molar-refractivity contribution < 1.29 is 4.42 Å². The first-order valence-corrected chi connectivity index (χ1v) is 3.99. The van der Waals surface area contributed by atoms with Gasteiger partial charge in [0.05, 0.1) is 6.20 Å². The molecule has 70 valence electrons. The van der Waals surface area contributed by atoms with Crippen LogP contribution in [-0.4, -0.2) is 4.98 Å². The van der Waals surface area contributed by atoms with Crippen molar-refractivity contribution in [2.75, 3.05) is 5.73 Å². The minimum Gasteiger partial charge on any atom is -0.417 e. The van der Waals surface area contributed by atoms with Gasteiger partial charge in [0.25, 0.3) is 5.88 Å². The molecule has 0 atom stereocenters. The van der Waals surface area contributed by atoms with Crippen LogP contribution >= 0.6 is 0 Å². The van der Waals surface area contributed by atoms with Crippen molar-refractivity contribution in [3.05, 3.63) is 30.5 Å². The minimum atomic E-state index is 0.192. The predicted molar refractivity (Wildman–Crippen MR) is 51.2 cm³/mol. The molecule has 1 aromatic heterocycles. The van der Waals surface area contributed by atoms with Gasteiger partial charge in [-0.05, 0) is 24.3 Å². The Kier molecular flexibility index (Phi) is 1.98. The van der Waals surface area contributed by atoms with E-state index in [1.54, 1.807) is 24.3 Å². The molecule has 0 saturated carbocycles. The van der Waals surface area contributed by atoms with Gasteiger partial charge in [-0.15, -0.1) is 5.11 Å². The summed E-state index contributed by atoms with van der Waals surface area (Å²) in [7, 11) is 0. The summed E-state index contributed by atoms with van der Waals surface area (Å²) in [4.78, 5) is 3.97. The average Bonchev–Trinajstić information content (AvgIpc) is 2.67. The lowest BCUT2D eigenvalue weighted by molar-refractivity contribution is 0.576. The fraction of sp³-hybridized carbons (Fsp3) is 0. The number of hydrogen-bond acceptors (Lipinski definition) is 5. The topological polar surface area (TPSA) is 88.3 Å². The maximum absolute atomic E-state index is 6.72. The zero-order chi connectivity index (χ0) is 9.97. The van der Waals surface area contributed by atoms with Gasteiger partial charge < -0.3 is 10.2 Å². The van der Waals surface area contributed by atoms with E-state index in [1.165, 1.54) is 6.20 Å². The lowest BCUT2D eigenvalue weighted by Gasteiger charge is -1.95. The van der Waals surface area contributed by atoms with Crippen molar-refractivity contribution in [1.82, 2.24) is 4.98 Å². The highest BCUT2D eigenvalue weighted by molar-refractivity contribution is 5.57. The Morgan fingerprint density at radius 1 is 1.29 bits per heavy atom. The number of nitrogens with zero attached hydrogens (tertiary/aromatic N) is 2. The van der Waals surface area contributed by atoms with Crippen LogP contribution in [0.4, 0.5) is 11.6 Å². The largest absolute Gasteiger partial charge is 0.417 e. The minimum absolute atomic E-state index is 0.192. The summed E-state index contributed by atoms with van der Waals surface area (Å²) in [6.45, 7) is 0. The van der Waals surface area contributed by atoms with E-state index in [1.807, 2.05) is 0 Å². The van der Waals surface area contributed by atoms with Crippen LogP contribution in [0.2, 0.25) is 0 Å². The molecule has 2 aromatic rings. The van der Waals surface area contributed by atoms with Gasteiger partial charge in [-0.3, -0.25) is 0 Å². The second-order valence-electron chi connectivity index (χ2n) is 2.74. The molecule has 0 fully saturated rings. The molecule has 1 aromatic carbocycles. The number of nitrogens with one attached hydrogen (secondary N) is 1. The SMILES string of the molecule is N=Nc1cnc(-c2ccc(N)cc2)o1. The molecule has 0 radical (unpaired) electrons. The zero-order valence-electron chi connectivity index (χ0n) is 7.27. The highest BCUT2D eigenvalue weighted by Crippen LogP contribution is 2.23. The molecular formula is C9H8N4O. The molecule has 2 rings (SSSR count). The molecule has 0 amide bonds. The number of rotatable bonds is 2. The summed E-state index contributed by atoms with van der Waals surface area (Å²) in [6.07, 6.45) is 1.40. The van der Waals surface area contributed by atoms with E-state index < -0.39 is 0 Å². The first kappa shape index (κ1) is 8.43. The van der Waals surface area contributed by atoms with Gasteiger partial charge in [-0.2, -0.15) is 0 Å². The fourth-order valence-corrected chi connectivity index (χ4v) is 1.08. The van der Waals surface area contributed by atoms with Crippen LogP contribution < -0.4 is 5.73 Å². The second-order valence-corrected chi connectivity index (χ2v) is 2.74. The maximum Gasteiger partial charge on any atom is 0.258 e. The van der Waals surface area contributed by atoms with Gasteiger partial charge in [-0.1, -0.05) is 0 Å². The monoisotopic (exact) mass is 188 g/mol. The van der Waals surface area contributed by atoms with Crippen molar-refractivity contribution in [3.8, 4) is 11.5 Å². The van der Waals surface area contributed by atoms with E-state index in [0.29, 0.717) is 11.6 Å². The number of hydrogen-bond donors (Lipinski definition) is 2. The molecule has 3 N–H and O–H groups in total. The third kappa shape index (κ3) is 1.47. The molecule has 0 saturated heterocycles. The highest BCUT2D eigenvalue weighted by Gasteiger charge is 2.04. The van der Waals surface area contributed by atoms with E-state index in [2.05, 4.69) is 10.1 Å². The molecule has 0 aliphatic heterocycles. The summed E-state index contributed by atoms with van der Waals surface area (Å²) >= 11 is 0. The van der Waals surface area contributed by atoms with Crippen molar-refractivity contribution >= 4 is 11.6 Å². The molecule has 5 heteroatoms. The Morgan fingerprint density at radius 3 is 2.57 bits per heavy atom. The third-order valence-electron chi connectivity index (χ3n) is 1.76. The van der Waals surface area contributed by atoms with E-state index in [0.717, 1.165) is 5.56 Å². The Morgan fingerprint density at radius 2 is 2.00 bits per heavy atom. The third-order valence-corrected chi connectivity index (χ3v) is 1.76. The first-order valence-electron chi connectivity index (χ1n) is 3.99. The lowest BCUT2D eigenvalue weighted by Crippen LogP contribution is -1.83. The Bertz CT molecular complexity index is 446. The summed E-state index contributed by atoms with van der Waals surface area (Å²) in [6, 6.07) is 7.12. The van der Waals surface area contributed by atoms with Crippen molar-refractivity contribution in [2.24, 2.45) is 5.11 Å². The number of nitrogen functional groups attached to an aromatic ring is 1. The molecular weight excluding hydrogens is 180 g/mol. The summed E-state index contributed by atoms with van der Waals surface area (Å²) in [5, 5.41) is 3.13. The van der Waals surface area contributed by atoms with Gasteiger partial charge >= 0.3 is 0 Å². The standard InChI is InChI=1S/C9H8N4O/c10-7-3-1-6(2-4-7)9-12-5-8(13-11)14-9/h1-5,11H,10H2. The molecule has 0 aliphatic carbocycles. The number of oxazole rings is 1. The Balaban J connectivity index is 2.39. The van der Waals surface area contributed by atoms with Crippen LogP contribution in [0.1, 0.15) is 0 Å². The number of benzene rings is 1.